The van der Waals surface area contributed by atoms with Crippen LogP contribution in [0.5, 0.6) is 0 Å². The van der Waals surface area contributed by atoms with Gasteiger partial charge in [0.25, 0.3) is 5.89 Å². The van der Waals surface area contributed by atoms with Gasteiger partial charge in [-0.2, -0.15) is 0 Å². The molecule has 1 aliphatic rings. The molecule has 114 valence electrons. The summed E-state index contributed by atoms with van der Waals surface area (Å²) in [5, 5.41) is 10.4. The Morgan fingerprint density at radius 1 is 1.43 bits per heavy atom. The minimum absolute atomic E-state index is 0.0943. The van der Waals surface area contributed by atoms with E-state index in [1.807, 2.05) is 17.5 Å². The molecule has 0 bridgehead atoms. The van der Waals surface area contributed by atoms with Crippen LogP contribution in [0.15, 0.2) is 21.9 Å². The van der Waals surface area contributed by atoms with Crippen molar-refractivity contribution in [1.82, 2.24) is 15.1 Å². The van der Waals surface area contributed by atoms with Gasteiger partial charge in [0.1, 0.15) is 0 Å². The van der Waals surface area contributed by atoms with Crippen molar-refractivity contribution in [2.75, 3.05) is 13.1 Å². The molecule has 2 atom stereocenters. The van der Waals surface area contributed by atoms with Crippen LogP contribution in [-0.4, -0.2) is 39.9 Å². The quantitative estimate of drug-likeness (QED) is 0.870. The van der Waals surface area contributed by atoms with E-state index in [0.717, 1.165) is 18.0 Å². The van der Waals surface area contributed by atoms with Crippen LogP contribution in [0.1, 0.15) is 39.6 Å². The number of aromatic nitrogens is 2. The molecule has 2 unspecified atom stereocenters. The molecule has 5 nitrogen and oxygen atoms in total. The Bertz CT molecular complexity index is 594. The van der Waals surface area contributed by atoms with Gasteiger partial charge in [-0.05, 0) is 39.1 Å². The molecule has 3 rings (SSSR count). The van der Waals surface area contributed by atoms with Gasteiger partial charge in [-0.1, -0.05) is 6.07 Å². The maximum absolute atomic E-state index is 5.95. The molecule has 0 aromatic carbocycles. The Morgan fingerprint density at radius 3 is 2.90 bits per heavy atom. The summed E-state index contributed by atoms with van der Waals surface area (Å²) in [6.07, 6.45) is 0.205. The fourth-order valence-electron chi connectivity index (χ4n) is 2.86. The van der Waals surface area contributed by atoms with E-state index in [1.165, 1.54) is 0 Å². The van der Waals surface area contributed by atoms with Crippen molar-refractivity contribution >= 4 is 11.3 Å². The van der Waals surface area contributed by atoms with E-state index in [0.29, 0.717) is 11.8 Å². The van der Waals surface area contributed by atoms with Gasteiger partial charge in [0.2, 0.25) is 5.89 Å². The van der Waals surface area contributed by atoms with Crippen LogP contribution in [0.2, 0.25) is 0 Å². The molecule has 2 aromatic rings. The van der Waals surface area contributed by atoms with Gasteiger partial charge >= 0.3 is 0 Å². The van der Waals surface area contributed by atoms with E-state index in [2.05, 4.69) is 42.8 Å². The third kappa shape index (κ3) is 3.17. The zero-order valence-electron chi connectivity index (χ0n) is 12.9. The molecule has 0 aliphatic carbocycles. The molecule has 0 N–H and O–H groups in total. The molecular weight excluding hydrogens is 286 g/mol. The smallest absolute Gasteiger partial charge is 0.257 e. The van der Waals surface area contributed by atoms with E-state index in [1.54, 1.807) is 11.3 Å². The lowest BCUT2D eigenvalue weighted by Gasteiger charge is -2.43. The molecule has 6 heteroatoms. The number of morpholine rings is 1. The molecule has 0 saturated carbocycles. The zero-order chi connectivity index (χ0) is 15.0. The largest absolute Gasteiger partial charge is 0.418 e. The van der Waals surface area contributed by atoms with Crippen LogP contribution in [0.4, 0.5) is 0 Å². The third-order valence-corrected chi connectivity index (χ3v) is 4.53. The monoisotopic (exact) mass is 307 g/mol. The standard InChI is InChI=1S/C15H21N3O2S/c1-10-8-18(9-15(3,4)20-10)11(2)13-16-17-14(19-13)12-6-5-7-21-12/h5-7,10-11H,8-9H2,1-4H3. The number of hydrogen-bond acceptors (Lipinski definition) is 6. The zero-order valence-corrected chi connectivity index (χ0v) is 13.7. The maximum Gasteiger partial charge on any atom is 0.257 e. The van der Waals surface area contributed by atoms with Crippen LogP contribution in [-0.2, 0) is 4.74 Å². The van der Waals surface area contributed by atoms with Gasteiger partial charge in [-0.3, -0.25) is 4.90 Å². The molecule has 1 fully saturated rings. The highest BCUT2D eigenvalue weighted by Gasteiger charge is 2.35. The summed E-state index contributed by atoms with van der Waals surface area (Å²) in [6, 6.07) is 4.07. The lowest BCUT2D eigenvalue weighted by atomic mass is 10.0. The van der Waals surface area contributed by atoms with Crippen LogP contribution in [0, 0.1) is 0 Å². The highest BCUT2D eigenvalue weighted by Crippen LogP contribution is 2.30. The van der Waals surface area contributed by atoms with Gasteiger partial charge in [-0.25, -0.2) is 0 Å². The lowest BCUT2D eigenvalue weighted by Crippen LogP contribution is -2.52. The summed E-state index contributed by atoms with van der Waals surface area (Å²) in [6.45, 7) is 10.2. The van der Waals surface area contributed by atoms with Crippen LogP contribution >= 0.6 is 11.3 Å². The molecule has 3 heterocycles. The third-order valence-electron chi connectivity index (χ3n) is 3.67. The molecule has 0 radical (unpaired) electrons. The topological polar surface area (TPSA) is 51.4 Å². The van der Waals surface area contributed by atoms with Gasteiger partial charge < -0.3 is 9.15 Å². The highest BCUT2D eigenvalue weighted by atomic mass is 32.1. The summed E-state index contributed by atoms with van der Waals surface area (Å²) < 4.78 is 11.8. The summed E-state index contributed by atoms with van der Waals surface area (Å²) in [4.78, 5) is 3.36. The van der Waals surface area contributed by atoms with Crippen LogP contribution in [0.25, 0.3) is 10.8 Å². The van der Waals surface area contributed by atoms with Crippen molar-refractivity contribution in [2.24, 2.45) is 0 Å². The highest BCUT2D eigenvalue weighted by molar-refractivity contribution is 7.13. The first kappa shape index (κ1) is 14.7. The predicted octanol–water partition coefficient (Wildman–Crippen LogP) is 3.36. The van der Waals surface area contributed by atoms with Gasteiger partial charge in [-0.15, -0.1) is 21.5 Å². The van der Waals surface area contributed by atoms with Gasteiger partial charge in [0, 0.05) is 13.1 Å². The van der Waals surface area contributed by atoms with E-state index in [4.69, 9.17) is 9.15 Å². The number of rotatable bonds is 3. The molecule has 1 saturated heterocycles. The maximum atomic E-state index is 5.95. The minimum atomic E-state index is -0.150. The molecule has 1 aliphatic heterocycles. The van der Waals surface area contributed by atoms with Crippen molar-refractivity contribution in [2.45, 2.75) is 45.4 Å². The van der Waals surface area contributed by atoms with Crippen LogP contribution < -0.4 is 0 Å². The van der Waals surface area contributed by atoms with Gasteiger partial charge in [0.05, 0.1) is 22.6 Å². The normalized spacial score (nSPS) is 24.1. The average Bonchev–Trinajstić information content (AvgIpc) is 3.06. The second kappa shape index (κ2) is 5.51. The fourth-order valence-corrected chi connectivity index (χ4v) is 3.50. The number of ether oxygens (including phenoxy) is 1. The second-order valence-electron chi connectivity index (χ2n) is 6.22. The Labute approximate surface area is 128 Å². The van der Waals surface area contributed by atoms with Crippen molar-refractivity contribution in [3.8, 4) is 10.8 Å². The molecule has 0 amide bonds. The molecule has 21 heavy (non-hydrogen) atoms. The van der Waals surface area contributed by atoms with Crippen molar-refractivity contribution < 1.29 is 9.15 Å². The summed E-state index contributed by atoms with van der Waals surface area (Å²) in [7, 11) is 0. The number of nitrogens with zero attached hydrogens (tertiary/aromatic N) is 3. The predicted molar refractivity (Wildman–Crippen MR) is 82.2 cm³/mol. The van der Waals surface area contributed by atoms with E-state index in [9.17, 15) is 0 Å². The Kier molecular flexibility index (Phi) is 3.86. The first-order valence-electron chi connectivity index (χ1n) is 7.24. The number of thiophene rings is 1. The Balaban J connectivity index is 1.77. The van der Waals surface area contributed by atoms with Crippen molar-refractivity contribution in [1.29, 1.82) is 0 Å². The first-order valence-corrected chi connectivity index (χ1v) is 8.12. The molecule has 0 spiro atoms. The minimum Gasteiger partial charge on any atom is -0.418 e. The van der Waals surface area contributed by atoms with Crippen molar-refractivity contribution in [3.63, 3.8) is 0 Å². The average molecular weight is 307 g/mol. The summed E-state index contributed by atoms with van der Waals surface area (Å²) in [5.74, 6) is 1.27. The lowest BCUT2D eigenvalue weighted by molar-refractivity contribution is -0.138. The van der Waals surface area contributed by atoms with E-state index >= 15 is 0 Å². The van der Waals surface area contributed by atoms with E-state index < -0.39 is 0 Å². The second-order valence-corrected chi connectivity index (χ2v) is 7.16. The fraction of sp³-hybridized carbons (Fsp3) is 0.600. The number of hydrogen-bond donors (Lipinski definition) is 0. The summed E-state index contributed by atoms with van der Waals surface area (Å²) >= 11 is 1.61. The van der Waals surface area contributed by atoms with Crippen molar-refractivity contribution in [3.05, 3.63) is 23.4 Å². The Morgan fingerprint density at radius 2 is 2.24 bits per heavy atom. The first-order chi connectivity index (χ1) is 9.94. The SMILES string of the molecule is CC1CN(C(C)c2nnc(-c3cccs3)o2)CC(C)(C)O1. The Hall–Kier alpha value is -1.24. The molecular formula is C15H21N3O2S. The molecule has 2 aromatic heterocycles. The summed E-state index contributed by atoms with van der Waals surface area (Å²) in [5.41, 5.74) is -0.150. The van der Waals surface area contributed by atoms with E-state index in [-0.39, 0.29) is 17.7 Å². The van der Waals surface area contributed by atoms with Gasteiger partial charge in [0.15, 0.2) is 0 Å². The van der Waals surface area contributed by atoms with Crippen LogP contribution in [0.3, 0.4) is 0 Å².